The average molecular weight is 646 g/mol. The van der Waals surface area contributed by atoms with Gasteiger partial charge < -0.3 is 30.4 Å². The van der Waals surface area contributed by atoms with Gasteiger partial charge in [-0.25, -0.2) is 13.6 Å². The summed E-state index contributed by atoms with van der Waals surface area (Å²) >= 11 is 0. The quantitative estimate of drug-likeness (QED) is 0.257. The summed E-state index contributed by atoms with van der Waals surface area (Å²) in [6, 6.07) is 5.22. The number of carboxylic acid groups (broad SMARTS) is 1. The number of amides is 1. The number of hydrogen-bond donors (Lipinski definition) is 3. The highest BCUT2D eigenvalue weighted by Crippen LogP contribution is 2.33. The Bertz CT molecular complexity index is 1890. The van der Waals surface area contributed by atoms with E-state index in [0.29, 0.717) is 45.5 Å². The van der Waals surface area contributed by atoms with Gasteiger partial charge in [-0.1, -0.05) is 18.2 Å². The largest absolute Gasteiger partial charge is 0.480 e. The second-order valence-electron chi connectivity index (χ2n) is 10.8. The van der Waals surface area contributed by atoms with Gasteiger partial charge in [-0.15, -0.1) is 0 Å². The number of nitrogen functional groups attached to an aromatic ring is 1. The molecule has 5 rings (SSSR count). The molecule has 1 aliphatic rings. The molecule has 0 aliphatic carbocycles. The molecule has 15 heteroatoms. The van der Waals surface area contributed by atoms with Crippen molar-refractivity contribution in [2.75, 3.05) is 30.4 Å². The van der Waals surface area contributed by atoms with Crippen LogP contribution in [-0.4, -0.2) is 64.6 Å². The lowest BCUT2D eigenvalue weighted by molar-refractivity contribution is -0.167. The number of benzene rings is 2. The van der Waals surface area contributed by atoms with Crippen molar-refractivity contribution in [3.8, 4) is 11.1 Å². The van der Waals surface area contributed by atoms with E-state index in [1.54, 1.807) is 38.2 Å². The number of morpholine rings is 1. The lowest BCUT2D eigenvalue weighted by atomic mass is 9.95. The number of anilines is 2. The predicted molar refractivity (Wildman–Crippen MR) is 159 cm³/mol. The number of halogens is 5. The molecule has 0 spiro atoms. The van der Waals surface area contributed by atoms with Gasteiger partial charge in [-0.05, 0) is 36.8 Å². The maximum Gasteiger partial charge on any atom is 0.411 e. The highest BCUT2D eigenvalue weighted by Gasteiger charge is 2.46. The summed E-state index contributed by atoms with van der Waals surface area (Å²) < 4.78 is 77.0. The van der Waals surface area contributed by atoms with Gasteiger partial charge in [0.15, 0.2) is 0 Å². The van der Waals surface area contributed by atoms with Crippen molar-refractivity contribution < 1.29 is 41.4 Å². The fourth-order valence-electron chi connectivity index (χ4n) is 5.45. The Hall–Kier alpha value is -5.05. The van der Waals surface area contributed by atoms with Gasteiger partial charge in [0.2, 0.25) is 0 Å². The number of carbonyl (C=O) groups excluding carboxylic acids is 1. The summed E-state index contributed by atoms with van der Waals surface area (Å²) in [6.07, 6.45) is -3.62. The van der Waals surface area contributed by atoms with Crippen molar-refractivity contribution in [3.05, 3.63) is 87.5 Å². The molecular weight excluding hydrogens is 617 g/mol. The van der Waals surface area contributed by atoms with Gasteiger partial charge in [0.05, 0.1) is 30.0 Å². The maximum absolute atomic E-state index is 15.1. The number of fused-ring (bicyclic) bond motifs is 1. The van der Waals surface area contributed by atoms with E-state index in [-0.39, 0.29) is 30.7 Å². The van der Waals surface area contributed by atoms with Crippen molar-refractivity contribution in [2.24, 2.45) is 7.05 Å². The van der Waals surface area contributed by atoms with Gasteiger partial charge in [-0.3, -0.25) is 14.6 Å². The van der Waals surface area contributed by atoms with Crippen LogP contribution in [0.25, 0.3) is 22.0 Å². The molecule has 0 saturated carbocycles. The third-order valence-electron chi connectivity index (χ3n) is 8.03. The summed E-state index contributed by atoms with van der Waals surface area (Å²) in [5.74, 6) is -5.88. The summed E-state index contributed by atoms with van der Waals surface area (Å²) in [5, 5.41) is 12.5. The van der Waals surface area contributed by atoms with E-state index < -0.39 is 59.6 Å². The summed E-state index contributed by atoms with van der Waals surface area (Å²) in [5.41, 5.74) is 6.53. The zero-order valence-electron chi connectivity index (χ0n) is 24.5. The Morgan fingerprint density at radius 1 is 1.15 bits per heavy atom. The minimum absolute atomic E-state index is 0.112. The molecule has 2 atom stereocenters. The number of nitrogens with one attached hydrogen (secondary N) is 1. The molecule has 2 aromatic carbocycles. The van der Waals surface area contributed by atoms with E-state index in [4.69, 9.17) is 10.5 Å². The number of hydrogen-bond acceptors (Lipinski definition) is 7. The minimum Gasteiger partial charge on any atom is -0.480 e. The molecular formula is C31H28F5N5O5. The Morgan fingerprint density at radius 2 is 1.85 bits per heavy atom. The lowest BCUT2D eigenvalue weighted by Gasteiger charge is -2.38. The lowest BCUT2D eigenvalue weighted by Crippen LogP contribution is -2.53. The smallest absolute Gasteiger partial charge is 0.411 e. The highest BCUT2D eigenvalue weighted by molar-refractivity contribution is 5.99. The van der Waals surface area contributed by atoms with Gasteiger partial charge in [-0.2, -0.15) is 13.2 Å². The van der Waals surface area contributed by atoms with Gasteiger partial charge in [0.1, 0.15) is 29.3 Å². The monoisotopic (exact) mass is 645 g/mol. The van der Waals surface area contributed by atoms with Crippen LogP contribution in [0.15, 0.2) is 53.5 Å². The van der Waals surface area contributed by atoms with E-state index in [0.717, 1.165) is 4.90 Å². The number of carboxylic acids is 1. The van der Waals surface area contributed by atoms with Crippen LogP contribution < -0.4 is 21.5 Å². The number of carbonyl (C=O) groups is 2. The predicted octanol–water partition coefficient (Wildman–Crippen LogP) is 3.96. The molecule has 4 aromatic rings. The number of rotatable bonds is 7. The van der Waals surface area contributed by atoms with E-state index in [1.165, 1.54) is 16.8 Å². The van der Waals surface area contributed by atoms with Crippen molar-refractivity contribution in [3.63, 3.8) is 0 Å². The normalized spacial score (nSPS) is 16.0. The van der Waals surface area contributed by atoms with Crippen LogP contribution >= 0.6 is 0 Å². The Balaban J connectivity index is 1.44. The van der Waals surface area contributed by atoms with E-state index >= 15 is 8.78 Å². The van der Waals surface area contributed by atoms with Crippen molar-refractivity contribution in [2.45, 2.75) is 31.6 Å². The number of pyridine rings is 2. The first-order chi connectivity index (χ1) is 21.7. The first kappa shape index (κ1) is 32.3. The molecule has 0 bridgehead atoms. The molecule has 1 fully saturated rings. The van der Waals surface area contributed by atoms with Crippen molar-refractivity contribution in [1.29, 1.82) is 0 Å². The van der Waals surface area contributed by atoms with Gasteiger partial charge in [0, 0.05) is 48.5 Å². The Kier molecular flexibility index (Phi) is 8.71. The zero-order valence-corrected chi connectivity index (χ0v) is 24.5. The molecule has 0 unspecified atom stereocenters. The molecule has 10 nitrogen and oxygen atoms in total. The Labute approximate surface area is 258 Å². The highest BCUT2D eigenvalue weighted by atomic mass is 19.4. The molecule has 242 valence electrons. The van der Waals surface area contributed by atoms with E-state index in [2.05, 4.69) is 10.3 Å². The topological polar surface area (TPSA) is 140 Å². The minimum atomic E-state index is -4.75. The number of nitrogens with zero attached hydrogens (tertiary/aromatic N) is 3. The van der Waals surface area contributed by atoms with Crippen LogP contribution in [0.3, 0.4) is 0 Å². The van der Waals surface area contributed by atoms with Gasteiger partial charge in [0.25, 0.3) is 11.5 Å². The molecule has 1 amide bonds. The molecule has 3 heterocycles. The van der Waals surface area contributed by atoms with Crippen LogP contribution in [0.2, 0.25) is 0 Å². The molecule has 1 saturated heterocycles. The van der Waals surface area contributed by atoms with Crippen molar-refractivity contribution >= 4 is 34.2 Å². The third-order valence-corrected chi connectivity index (χ3v) is 8.03. The number of aromatic nitrogens is 2. The summed E-state index contributed by atoms with van der Waals surface area (Å²) in [6.45, 7) is 0.540. The molecule has 2 aromatic heterocycles. The number of aliphatic carboxylic acids is 1. The maximum atomic E-state index is 15.1. The number of ether oxygens (including phenoxy) is 1. The first-order valence-corrected chi connectivity index (χ1v) is 14.0. The molecule has 46 heavy (non-hydrogen) atoms. The SMILES string of the molecule is Cc1c(N)cc(-c2ccc(C[C@H](NC(=O)c3c(F)cc(N4CCOC[C@@H]4C(F)(F)F)cc3F)C(=O)O)c3cccnc23)c(=O)n1C. The van der Waals surface area contributed by atoms with Crippen LogP contribution in [0.1, 0.15) is 21.6 Å². The number of nitrogens with two attached hydrogens (primary N) is 1. The van der Waals surface area contributed by atoms with Crippen molar-refractivity contribution in [1.82, 2.24) is 14.9 Å². The Morgan fingerprint density at radius 3 is 2.50 bits per heavy atom. The average Bonchev–Trinajstić information content (AvgIpc) is 3.01. The fourth-order valence-corrected chi connectivity index (χ4v) is 5.45. The molecule has 1 aliphatic heterocycles. The zero-order chi connectivity index (χ0) is 33.5. The summed E-state index contributed by atoms with van der Waals surface area (Å²) in [4.78, 5) is 43.4. The van der Waals surface area contributed by atoms with Crippen LogP contribution in [-0.2, 0) is 23.0 Å². The third kappa shape index (κ3) is 6.09. The standard InChI is InChI=1S/C31H28F5N5O5/c1-15-23(37)13-20(29(43)40(15)2)19-6-5-16(18-4-3-7-38-27(18)19)10-24(30(44)45)39-28(42)26-21(32)11-17(12-22(26)33)41-8-9-46-14-25(41)31(34,35)36/h3-7,11-13,24-25H,8-10,14,37H2,1-2H3,(H,39,42)(H,44,45)/t24-,25+/m0/s1. The van der Waals surface area contributed by atoms with E-state index in [9.17, 15) is 32.7 Å². The number of alkyl halides is 3. The fraction of sp³-hybridized carbons (Fsp3) is 0.290. The van der Waals surface area contributed by atoms with Crippen LogP contribution in [0.4, 0.5) is 33.3 Å². The van der Waals surface area contributed by atoms with E-state index in [1.807, 2.05) is 0 Å². The molecule has 4 N–H and O–H groups in total. The molecule has 0 radical (unpaired) electrons. The van der Waals surface area contributed by atoms with Crippen LogP contribution in [0, 0.1) is 18.6 Å². The first-order valence-electron chi connectivity index (χ1n) is 14.0. The van der Waals surface area contributed by atoms with Gasteiger partial charge >= 0.3 is 12.1 Å². The second-order valence-corrected chi connectivity index (χ2v) is 10.8. The summed E-state index contributed by atoms with van der Waals surface area (Å²) in [7, 11) is 1.57. The van der Waals surface area contributed by atoms with Crippen LogP contribution in [0.5, 0.6) is 0 Å². The second kappa shape index (κ2) is 12.4.